The molecule has 0 saturated heterocycles. The third-order valence-corrected chi connectivity index (χ3v) is 4.00. The molecule has 8 nitrogen and oxygen atoms in total. The minimum atomic E-state index is -0.388. The van der Waals surface area contributed by atoms with Gasteiger partial charge in [-0.05, 0) is 24.3 Å². The van der Waals surface area contributed by atoms with E-state index in [4.69, 9.17) is 9.15 Å². The van der Waals surface area contributed by atoms with Crippen molar-refractivity contribution in [3.8, 4) is 11.5 Å². The minimum absolute atomic E-state index is 0.388. The highest BCUT2D eigenvalue weighted by Crippen LogP contribution is 2.31. The van der Waals surface area contributed by atoms with Gasteiger partial charge in [0.15, 0.2) is 11.3 Å². The van der Waals surface area contributed by atoms with Crippen LogP contribution >= 0.6 is 0 Å². The van der Waals surface area contributed by atoms with Crippen LogP contribution in [0.3, 0.4) is 0 Å². The Morgan fingerprint density at radius 2 is 1.96 bits per heavy atom. The van der Waals surface area contributed by atoms with Crippen LogP contribution in [0.25, 0.3) is 33.7 Å². The van der Waals surface area contributed by atoms with E-state index in [2.05, 4.69) is 20.3 Å². The van der Waals surface area contributed by atoms with E-state index >= 15 is 0 Å². The van der Waals surface area contributed by atoms with E-state index in [9.17, 15) is 4.79 Å². The fourth-order valence-corrected chi connectivity index (χ4v) is 2.74. The van der Waals surface area contributed by atoms with E-state index in [1.165, 1.54) is 7.11 Å². The number of benzene rings is 1. The van der Waals surface area contributed by atoms with Crippen molar-refractivity contribution >= 4 is 34.1 Å². The number of nitrogens with one attached hydrogen (secondary N) is 1. The number of rotatable bonds is 3. The zero-order valence-electron chi connectivity index (χ0n) is 13.9. The third kappa shape index (κ3) is 2.30. The number of aryl methyl sites for hydroxylation is 1. The lowest BCUT2D eigenvalue weighted by Crippen LogP contribution is -2.00. The van der Waals surface area contributed by atoms with Crippen LogP contribution in [0.1, 0.15) is 10.4 Å². The predicted octanol–water partition coefficient (Wildman–Crippen LogP) is 2.60. The van der Waals surface area contributed by atoms with Crippen LogP contribution in [0.4, 0.5) is 5.82 Å². The van der Waals surface area contributed by atoms with Gasteiger partial charge >= 0.3 is 5.97 Å². The van der Waals surface area contributed by atoms with Gasteiger partial charge in [-0.2, -0.15) is 4.98 Å². The van der Waals surface area contributed by atoms with Crippen LogP contribution in [0, 0.1) is 0 Å². The molecule has 0 aliphatic carbocycles. The number of ether oxygens (including phenoxy) is 1. The van der Waals surface area contributed by atoms with E-state index in [0.717, 1.165) is 16.6 Å². The highest BCUT2D eigenvalue weighted by molar-refractivity contribution is 6.03. The molecular weight excluding hydrogens is 322 g/mol. The van der Waals surface area contributed by atoms with Gasteiger partial charge in [-0.15, -0.1) is 0 Å². The lowest BCUT2D eigenvalue weighted by Gasteiger charge is -2.00. The first-order valence-corrected chi connectivity index (χ1v) is 7.60. The van der Waals surface area contributed by atoms with Gasteiger partial charge in [-0.25, -0.2) is 14.8 Å². The Morgan fingerprint density at radius 1 is 1.20 bits per heavy atom. The van der Waals surface area contributed by atoms with Crippen molar-refractivity contribution in [3.05, 3.63) is 36.2 Å². The summed E-state index contributed by atoms with van der Waals surface area (Å²) in [6.07, 6.45) is 1.71. The molecule has 3 aromatic heterocycles. The Kier molecular flexibility index (Phi) is 3.38. The molecule has 0 aliphatic heterocycles. The van der Waals surface area contributed by atoms with Gasteiger partial charge in [0.05, 0.1) is 19.0 Å². The molecule has 4 rings (SSSR count). The van der Waals surface area contributed by atoms with Crippen molar-refractivity contribution in [2.75, 3.05) is 19.5 Å². The van der Waals surface area contributed by atoms with Crippen molar-refractivity contribution in [2.45, 2.75) is 0 Å². The predicted molar refractivity (Wildman–Crippen MR) is 92.4 cm³/mol. The summed E-state index contributed by atoms with van der Waals surface area (Å²) in [5.41, 5.74) is 3.85. The van der Waals surface area contributed by atoms with E-state index < -0.39 is 0 Å². The lowest BCUT2D eigenvalue weighted by atomic mass is 10.1. The molecular formula is C17H15N5O3. The highest BCUT2D eigenvalue weighted by atomic mass is 16.5. The van der Waals surface area contributed by atoms with Gasteiger partial charge in [0.2, 0.25) is 5.89 Å². The summed E-state index contributed by atoms with van der Waals surface area (Å²) in [6.45, 7) is 0. The zero-order chi connectivity index (χ0) is 17.6. The molecule has 0 saturated carbocycles. The van der Waals surface area contributed by atoms with Gasteiger partial charge in [0.1, 0.15) is 11.0 Å². The number of esters is 1. The Hall–Kier alpha value is -3.42. The number of carbonyl (C=O) groups excluding carboxylic acids is 1. The molecule has 1 aromatic carbocycles. The smallest absolute Gasteiger partial charge is 0.337 e. The highest BCUT2D eigenvalue weighted by Gasteiger charge is 2.18. The summed E-state index contributed by atoms with van der Waals surface area (Å²) in [5, 5.41) is 3.02. The average molecular weight is 337 g/mol. The summed E-state index contributed by atoms with van der Waals surface area (Å²) in [7, 11) is 5.03. The second-order valence-electron chi connectivity index (χ2n) is 5.50. The van der Waals surface area contributed by atoms with Crippen LogP contribution < -0.4 is 5.32 Å². The number of anilines is 1. The topological polar surface area (TPSA) is 95.1 Å². The maximum Gasteiger partial charge on any atom is 0.337 e. The van der Waals surface area contributed by atoms with Gasteiger partial charge in [0.25, 0.3) is 5.71 Å². The Labute approximate surface area is 142 Å². The van der Waals surface area contributed by atoms with E-state index in [1.807, 2.05) is 11.6 Å². The van der Waals surface area contributed by atoms with Crippen molar-refractivity contribution in [2.24, 2.45) is 7.05 Å². The Morgan fingerprint density at radius 3 is 2.64 bits per heavy atom. The number of hydrogen-bond acceptors (Lipinski definition) is 7. The molecule has 0 aliphatic rings. The number of nitrogens with zero attached hydrogens (tertiary/aromatic N) is 4. The molecule has 0 spiro atoms. The van der Waals surface area contributed by atoms with Gasteiger partial charge in [-0.3, -0.25) is 0 Å². The van der Waals surface area contributed by atoms with Crippen LogP contribution in [-0.2, 0) is 11.8 Å². The number of pyridine rings is 1. The van der Waals surface area contributed by atoms with Crippen molar-refractivity contribution in [3.63, 3.8) is 0 Å². The van der Waals surface area contributed by atoms with Gasteiger partial charge < -0.3 is 19.0 Å². The number of imidazole rings is 1. The summed E-state index contributed by atoms with van der Waals surface area (Å²) >= 11 is 0. The first-order chi connectivity index (χ1) is 12.1. The maximum atomic E-state index is 11.5. The zero-order valence-corrected chi connectivity index (χ0v) is 13.9. The van der Waals surface area contributed by atoms with Crippen molar-refractivity contribution in [1.29, 1.82) is 0 Å². The maximum absolute atomic E-state index is 11.5. The van der Waals surface area contributed by atoms with E-state index in [-0.39, 0.29) is 5.97 Å². The monoisotopic (exact) mass is 337 g/mol. The molecule has 1 N–H and O–H groups in total. The first-order valence-electron chi connectivity index (χ1n) is 7.60. The number of carbonyl (C=O) groups is 1. The molecule has 0 fully saturated rings. The SMILES string of the molecule is CNc1nc2oc(-c3ccc(C(=O)OC)cc3)nc2c2c1ncn2C. The molecule has 25 heavy (non-hydrogen) atoms. The van der Waals surface area contributed by atoms with Gasteiger partial charge in [-0.1, -0.05) is 0 Å². The van der Waals surface area contributed by atoms with Crippen molar-refractivity contribution in [1.82, 2.24) is 19.5 Å². The summed E-state index contributed by atoms with van der Waals surface area (Å²) < 4.78 is 12.4. The number of methoxy groups -OCH3 is 1. The number of aromatic nitrogens is 4. The Balaban J connectivity index is 1.88. The number of hydrogen-bond donors (Lipinski definition) is 1. The van der Waals surface area contributed by atoms with Gasteiger partial charge in [0, 0.05) is 19.7 Å². The van der Waals surface area contributed by atoms with E-state index in [1.54, 1.807) is 37.6 Å². The standard InChI is InChI=1S/C17H15N5O3/c1-18-14-11-13(22(2)8-19-11)12-16(21-14)25-15(20-12)9-4-6-10(7-5-9)17(23)24-3/h4-8H,1-3H3,(H,18,21). The fourth-order valence-electron chi connectivity index (χ4n) is 2.74. The fraction of sp³-hybridized carbons (Fsp3) is 0.176. The van der Waals surface area contributed by atoms with Crippen LogP contribution in [-0.4, -0.2) is 39.6 Å². The first kappa shape index (κ1) is 15.1. The summed E-state index contributed by atoms with van der Waals surface area (Å²) in [5.74, 6) is 0.669. The average Bonchev–Trinajstić information content (AvgIpc) is 3.24. The molecule has 0 unspecified atom stereocenters. The quantitative estimate of drug-likeness (QED) is 0.574. The largest absolute Gasteiger partial charge is 0.465 e. The van der Waals surface area contributed by atoms with Crippen LogP contribution in [0.15, 0.2) is 35.0 Å². The Bertz CT molecular complexity index is 1100. The minimum Gasteiger partial charge on any atom is -0.465 e. The molecule has 0 amide bonds. The molecule has 8 heteroatoms. The summed E-state index contributed by atoms with van der Waals surface area (Å²) in [6, 6.07) is 6.86. The molecule has 0 radical (unpaired) electrons. The van der Waals surface area contributed by atoms with E-state index in [0.29, 0.717) is 28.5 Å². The second-order valence-corrected chi connectivity index (χ2v) is 5.50. The third-order valence-electron chi connectivity index (χ3n) is 4.00. The molecule has 126 valence electrons. The van der Waals surface area contributed by atoms with Crippen LogP contribution in [0.2, 0.25) is 0 Å². The lowest BCUT2D eigenvalue weighted by molar-refractivity contribution is 0.0600. The summed E-state index contributed by atoms with van der Waals surface area (Å²) in [4.78, 5) is 24.9. The second kappa shape index (κ2) is 5.59. The number of oxazole rings is 1. The molecule has 0 atom stereocenters. The number of fused-ring (bicyclic) bond motifs is 3. The molecule has 3 heterocycles. The normalized spacial score (nSPS) is 11.2. The molecule has 4 aromatic rings. The van der Waals surface area contributed by atoms with Crippen molar-refractivity contribution < 1.29 is 13.9 Å². The molecule has 0 bridgehead atoms. The van der Waals surface area contributed by atoms with Crippen LogP contribution in [0.5, 0.6) is 0 Å².